The summed E-state index contributed by atoms with van der Waals surface area (Å²) in [5, 5.41) is 9.70. The Morgan fingerprint density at radius 2 is 0.875 bits per heavy atom. The summed E-state index contributed by atoms with van der Waals surface area (Å²) >= 11 is 0. The van der Waals surface area contributed by atoms with Crippen LogP contribution in [0.2, 0.25) is 0 Å². The van der Waals surface area contributed by atoms with E-state index in [9.17, 15) is 0 Å². The van der Waals surface area contributed by atoms with Crippen LogP contribution in [0.4, 0.5) is 17.1 Å². The Bertz CT molecular complexity index is 3260. The van der Waals surface area contributed by atoms with Gasteiger partial charge in [0.2, 0.25) is 0 Å². The van der Waals surface area contributed by atoms with Gasteiger partial charge in [-0.05, 0) is 109 Å². The minimum atomic E-state index is 0.864. The standard InChI is InChI=1S/C54H35NO/c1-2-13-41-33-43(31-25-36(41)11-1)37-23-26-39(27-24-37)47-17-5-7-19-50(47)55(51-20-10-22-53-54(51)48-18-6-8-21-52(48)56-53)45-15-9-14-42(34-45)44-32-30-40-29-28-38-12-3-4-16-46(38)49(40)35-44/h1-35H. The van der Waals surface area contributed by atoms with Gasteiger partial charge in [0.05, 0.1) is 16.8 Å². The summed E-state index contributed by atoms with van der Waals surface area (Å²) in [5.74, 6) is 0. The van der Waals surface area contributed by atoms with Crippen LogP contribution in [-0.4, -0.2) is 0 Å². The van der Waals surface area contributed by atoms with E-state index in [-0.39, 0.29) is 0 Å². The molecule has 56 heavy (non-hydrogen) atoms. The summed E-state index contributed by atoms with van der Waals surface area (Å²) < 4.78 is 6.45. The fraction of sp³-hybridized carbons (Fsp3) is 0. The van der Waals surface area contributed by atoms with E-state index in [4.69, 9.17) is 4.42 Å². The summed E-state index contributed by atoms with van der Waals surface area (Å²) in [6.07, 6.45) is 0. The molecule has 0 aliphatic heterocycles. The maximum Gasteiger partial charge on any atom is 0.137 e. The van der Waals surface area contributed by atoms with Gasteiger partial charge in [-0.25, -0.2) is 0 Å². The second kappa shape index (κ2) is 13.2. The second-order valence-corrected chi connectivity index (χ2v) is 14.5. The predicted molar refractivity (Wildman–Crippen MR) is 237 cm³/mol. The van der Waals surface area contributed by atoms with Gasteiger partial charge in [0, 0.05) is 16.6 Å². The van der Waals surface area contributed by atoms with Crippen LogP contribution in [-0.2, 0) is 0 Å². The fourth-order valence-corrected chi connectivity index (χ4v) is 8.48. The number of anilines is 3. The van der Waals surface area contributed by atoms with Gasteiger partial charge in [-0.1, -0.05) is 164 Å². The molecule has 1 aromatic heterocycles. The van der Waals surface area contributed by atoms with Crippen molar-refractivity contribution in [3.05, 3.63) is 212 Å². The molecule has 0 N–H and O–H groups in total. The molecule has 0 saturated heterocycles. The summed E-state index contributed by atoms with van der Waals surface area (Å²) in [6, 6.07) is 76.6. The normalized spacial score (nSPS) is 11.6. The Morgan fingerprint density at radius 3 is 1.75 bits per heavy atom. The van der Waals surface area contributed by atoms with Crippen LogP contribution in [0.3, 0.4) is 0 Å². The number of benzene rings is 10. The van der Waals surface area contributed by atoms with Crippen LogP contribution in [0.1, 0.15) is 0 Å². The molecule has 0 radical (unpaired) electrons. The maximum atomic E-state index is 6.45. The zero-order chi connectivity index (χ0) is 37.0. The largest absolute Gasteiger partial charge is 0.456 e. The molecule has 0 aliphatic rings. The molecule has 1 heterocycles. The van der Waals surface area contributed by atoms with Crippen molar-refractivity contribution in [1.82, 2.24) is 0 Å². The summed E-state index contributed by atoms with van der Waals surface area (Å²) in [7, 11) is 0. The first kappa shape index (κ1) is 32.0. The van der Waals surface area contributed by atoms with Crippen molar-refractivity contribution in [2.24, 2.45) is 0 Å². The van der Waals surface area contributed by atoms with E-state index < -0.39 is 0 Å². The highest BCUT2D eigenvalue weighted by atomic mass is 16.3. The minimum Gasteiger partial charge on any atom is -0.456 e. The number of hydrogen-bond acceptors (Lipinski definition) is 2. The van der Waals surface area contributed by atoms with Crippen LogP contribution in [0.25, 0.3) is 87.6 Å². The smallest absolute Gasteiger partial charge is 0.137 e. The molecule has 0 amide bonds. The molecular formula is C54H35NO. The highest BCUT2D eigenvalue weighted by molar-refractivity contribution is 6.14. The number of fused-ring (bicyclic) bond motifs is 7. The second-order valence-electron chi connectivity index (χ2n) is 14.5. The van der Waals surface area contributed by atoms with E-state index >= 15 is 0 Å². The van der Waals surface area contributed by atoms with E-state index in [1.54, 1.807) is 0 Å². The number of nitrogens with zero attached hydrogens (tertiary/aromatic N) is 1. The first-order chi connectivity index (χ1) is 27.7. The first-order valence-electron chi connectivity index (χ1n) is 19.2. The summed E-state index contributed by atoms with van der Waals surface area (Å²) in [6.45, 7) is 0. The average molecular weight is 714 g/mol. The van der Waals surface area contributed by atoms with Gasteiger partial charge < -0.3 is 9.32 Å². The minimum absolute atomic E-state index is 0.864. The third-order valence-corrected chi connectivity index (χ3v) is 11.2. The van der Waals surface area contributed by atoms with Crippen molar-refractivity contribution >= 4 is 71.3 Å². The molecule has 0 atom stereocenters. The summed E-state index contributed by atoms with van der Waals surface area (Å²) in [4.78, 5) is 2.41. The Balaban J connectivity index is 1.09. The van der Waals surface area contributed by atoms with Crippen molar-refractivity contribution in [2.75, 3.05) is 4.90 Å². The van der Waals surface area contributed by atoms with Gasteiger partial charge in [0.1, 0.15) is 11.2 Å². The zero-order valence-electron chi connectivity index (χ0n) is 30.6. The zero-order valence-corrected chi connectivity index (χ0v) is 30.6. The van der Waals surface area contributed by atoms with Gasteiger partial charge in [0.25, 0.3) is 0 Å². The van der Waals surface area contributed by atoms with Crippen LogP contribution in [0.5, 0.6) is 0 Å². The lowest BCUT2D eigenvalue weighted by Crippen LogP contribution is -2.11. The number of rotatable bonds is 6. The van der Waals surface area contributed by atoms with Gasteiger partial charge in [-0.3, -0.25) is 0 Å². The highest BCUT2D eigenvalue weighted by Crippen LogP contribution is 2.46. The quantitative estimate of drug-likeness (QED) is 0.160. The molecule has 2 nitrogen and oxygen atoms in total. The lowest BCUT2D eigenvalue weighted by atomic mass is 9.96. The van der Waals surface area contributed by atoms with Gasteiger partial charge in [0.15, 0.2) is 0 Å². The third kappa shape index (κ3) is 5.42. The van der Waals surface area contributed by atoms with E-state index in [2.05, 4.69) is 211 Å². The summed E-state index contributed by atoms with van der Waals surface area (Å²) in [5.41, 5.74) is 12.0. The Hall–Kier alpha value is -7.42. The lowest BCUT2D eigenvalue weighted by molar-refractivity contribution is 0.669. The molecular weight excluding hydrogens is 679 g/mol. The van der Waals surface area contributed by atoms with Gasteiger partial charge in [-0.2, -0.15) is 0 Å². The molecule has 262 valence electrons. The van der Waals surface area contributed by atoms with Crippen molar-refractivity contribution in [3.63, 3.8) is 0 Å². The number of para-hydroxylation sites is 2. The molecule has 0 unspecified atom stereocenters. The van der Waals surface area contributed by atoms with E-state index in [0.717, 1.165) is 55.7 Å². The molecule has 10 aromatic carbocycles. The number of furan rings is 1. The first-order valence-corrected chi connectivity index (χ1v) is 19.2. The van der Waals surface area contributed by atoms with E-state index in [1.165, 1.54) is 49.0 Å². The Labute approximate surface area is 325 Å². The average Bonchev–Trinajstić information content (AvgIpc) is 3.66. The van der Waals surface area contributed by atoms with Crippen molar-refractivity contribution in [1.29, 1.82) is 0 Å². The third-order valence-electron chi connectivity index (χ3n) is 11.2. The topological polar surface area (TPSA) is 16.4 Å². The maximum absolute atomic E-state index is 6.45. The van der Waals surface area contributed by atoms with Crippen LogP contribution < -0.4 is 4.90 Å². The Kier molecular flexibility index (Phi) is 7.53. The van der Waals surface area contributed by atoms with Crippen molar-refractivity contribution in [3.8, 4) is 33.4 Å². The predicted octanol–water partition coefficient (Wildman–Crippen LogP) is 15.5. The molecule has 0 aliphatic carbocycles. The van der Waals surface area contributed by atoms with Crippen LogP contribution in [0.15, 0.2) is 217 Å². The lowest BCUT2D eigenvalue weighted by Gasteiger charge is -2.29. The monoisotopic (exact) mass is 713 g/mol. The molecule has 11 aromatic rings. The van der Waals surface area contributed by atoms with E-state index in [0.29, 0.717) is 0 Å². The molecule has 0 saturated carbocycles. The highest BCUT2D eigenvalue weighted by Gasteiger charge is 2.22. The molecule has 2 heteroatoms. The van der Waals surface area contributed by atoms with Crippen LogP contribution >= 0.6 is 0 Å². The Morgan fingerprint density at radius 1 is 0.304 bits per heavy atom. The van der Waals surface area contributed by atoms with Gasteiger partial charge >= 0.3 is 0 Å². The van der Waals surface area contributed by atoms with E-state index in [1.807, 2.05) is 6.07 Å². The molecule has 0 bridgehead atoms. The SMILES string of the molecule is c1cc(-c2ccc3ccc4ccccc4c3c2)cc(N(c2ccccc2-c2ccc(-c3ccc4ccccc4c3)cc2)c2cccc3oc4ccccc4c23)c1. The molecule has 11 rings (SSSR count). The fourth-order valence-electron chi connectivity index (χ4n) is 8.48. The van der Waals surface area contributed by atoms with Crippen molar-refractivity contribution in [2.45, 2.75) is 0 Å². The molecule has 0 fully saturated rings. The van der Waals surface area contributed by atoms with Gasteiger partial charge in [-0.15, -0.1) is 0 Å². The van der Waals surface area contributed by atoms with Crippen molar-refractivity contribution < 1.29 is 4.42 Å². The number of hydrogen-bond donors (Lipinski definition) is 0. The molecule has 0 spiro atoms. The van der Waals surface area contributed by atoms with Crippen LogP contribution in [0, 0.1) is 0 Å².